The Balaban J connectivity index is 1.77. The lowest BCUT2D eigenvalue weighted by atomic mass is 9.75. The smallest absolute Gasteiger partial charge is 0.356 e. The van der Waals surface area contributed by atoms with Crippen molar-refractivity contribution in [1.82, 2.24) is 0 Å². The van der Waals surface area contributed by atoms with Gasteiger partial charge in [0.2, 0.25) is 6.29 Å². The van der Waals surface area contributed by atoms with Crippen LogP contribution in [-0.2, 0) is 28.6 Å². The van der Waals surface area contributed by atoms with E-state index in [1.807, 2.05) is 0 Å². The van der Waals surface area contributed by atoms with Gasteiger partial charge < -0.3 is 19.0 Å². The summed E-state index contributed by atoms with van der Waals surface area (Å²) in [6, 6.07) is 0. The first-order valence-corrected chi connectivity index (χ1v) is 12.1. The SMILES string of the molecule is CCOC(=O)/C(=N\OC1CCCCC1)[C@H]1CC(=O)O[C@H]1O[C@@H]1C[C@H](C)CC[C@H]1C(C)C. The number of cyclic esters (lactones) is 1. The molecule has 3 rings (SSSR count). The van der Waals surface area contributed by atoms with E-state index in [9.17, 15) is 9.59 Å². The van der Waals surface area contributed by atoms with Crippen LogP contribution in [0.2, 0.25) is 0 Å². The predicted octanol–water partition coefficient (Wildman–Crippen LogP) is 4.62. The molecular formula is C24H39NO6. The van der Waals surface area contributed by atoms with Crippen molar-refractivity contribution in [3.8, 4) is 0 Å². The highest BCUT2D eigenvalue weighted by Crippen LogP contribution is 2.38. The molecular weight excluding hydrogens is 398 g/mol. The minimum atomic E-state index is -0.831. The van der Waals surface area contributed by atoms with E-state index < -0.39 is 18.2 Å². The Morgan fingerprint density at radius 2 is 1.90 bits per heavy atom. The van der Waals surface area contributed by atoms with E-state index in [4.69, 9.17) is 19.0 Å². The number of carbonyl (C=O) groups excluding carboxylic acids is 2. The second kappa shape index (κ2) is 11.3. The Labute approximate surface area is 186 Å². The molecule has 2 aliphatic carbocycles. The molecule has 2 saturated carbocycles. The van der Waals surface area contributed by atoms with Crippen molar-refractivity contribution in [2.75, 3.05) is 6.61 Å². The lowest BCUT2D eigenvalue weighted by molar-refractivity contribution is -0.191. The van der Waals surface area contributed by atoms with E-state index in [1.54, 1.807) is 6.92 Å². The molecule has 0 aromatic carbocycles. The van der Waals surface area contributed by atoms with Gasteiger partial charge in [0.25, 0.3) is 0 Å². The molecule has 1 aliphatic heterocycles. The Morgan fingerprint density at radius 3 is 2.58 bits per heavy atom. The van der Waals surface area contributed by atoms with Gasteiger partial charge in [-0.3, -0.25) is 4.79 Å². The standard InChI is InChI=1S/C24H39NO6/c1-5-28-23(27)22(25-31-17-9-7-6-8-10-17)19-14-21(26)30-24(19)29-20-13-16(4)11-12-18(20)15(2)3/h15-20,24H,5-14H2,1-4H3/b25-22-/t16-,18+,19-,20-,24-/m1/s1. The van der Waals surface area contributed by atoms with Gasteiger partial charge in [0.05, 0.1) is 25.0 Å². The van der Waals surface area contributed by atoms with Crippen LogP contribution in [0.25, 0.3) is 0 Å². The molecule has 0 amide bonds. The van der Waals surface area contributed by atoms with Crippen LogP contribution < -0.4 is 0 Å². The number of hydrogen-bond acceptors (Lipinski definition) is 7. The van der Waals surface area contributed by atoms with E-state index >= 15 is 0 Å². The maximum absolute atomic E-state index is 12.7. The van der Waals surface area contributed by atoms with Gasteiger partial charge in [-0.25, -0.2) is 4.79 Å². The highest BCUT2D eigenvalue weighted by Gasteiger charge is 2.45. The molecule has 176 valence electrons. The van der Waals surface area contributed by atoms with Crippen molar-refractivity contribution in [1.29, 1.82) is 0 Å². The summed E-state index contributed by atoms with van der Waals surface area (Å²) in [7, 11) is 0. The molecule has 0 N–H and O–H groups in total. The van der Waals surface area contributed by atoms with Crippen molar-refractivity contribution in [3.63, 3.8) is 0 Å². The lowest BCUT2D eigenvalue weighted by Gasteiger charge is -2.38. The average molecular weight is 438 g/mol. The largest absolute Gasteiger partial charge is 0.461 e. The van der Waals surface area contributed by atoms with E-state index in [-0.39, 0.29) is 36.9 Å². The maximum Gasteiger partial charge on any atom is 0.356 e. The Hall–Kier alpha value is -1.63. The summed E-state index contributed by atoms with van der Waals surface area (Å²) in [6.07, 6.45) is 7.66. The molecule has 31 heavy (non-hydrogen) atoms. The number of ether oxygens (including phenoxy) is 3. The second-order valence-electron chi connectivity index (χ2n) is 9.73. The summed E-state index contributed by atoms with van der Waals surface area (Å²) >= 11 is 0. The van der Waals surface area contributed by atoms with E-state index in [2.05, 4.69) is 25.9 Å². The highest BCUT2D eigenvalue weighted by molar-refractivity contribution is 6.37. The van der Waals surface area contributed by atoms with Crippen LogP contribution in [0.4, 0.5) is 0 Å². The summed E-state index contributed by atoms with van der Waals surface area (Å²) in [4.78, 5) is 30.7. The number of nitrogens with zero attached hydrogens (tertiary/aromatic N) is 1. The number of rotatable bonds is 8. The van der Waals surface area contributed by atoms with E-state index in [1.165, 1.54) is 12.8 Å². The fourth-order valence-corrected chi connectivity index (χ4v) is 5.09. The fourth-order valence-electron chi connectivity index (χ4n) is 5.09. The molecule has 0 radical (unpaired) electrons. The predicted molar refractivity (Wildman–Crippen MR) is 116 cm³/mol. The van der Waals surface area contributed by atoms with Gasteiger partial charge in [-0.05, 0) is 63.2 Å². The first kappa shape index (κ1) is 24.0. The Morgan fingerprint density at radius 1 is 1.16 bits per heavy atom. The Bertz CT molecular complexity index is 642. The molecule has 7 nitrogen and oxygen atoms in total. The molecule has 1 saturated heterocycles. The number of esters is 2. The quantitative estimate of drug-likeness (QED) is 0.313. The number of hydrogen-bond donors (Lipinski definition) is 0. The second-order valence-corrected chi connectivity index (χ2v) is 9.73. The first-order valence-electron chi connectivity index (χ1n) is 12.1. The third-order valence-electron chi connectivity index (χ3n) is 6.92. The third kappa shape index (κ3) is 6.43. The molecule has 3 aliphatic rings. The summed E-state index contributed by atoms with van der Waals surface area (Å²) in [5, 5.41) is 4.22. The lowest BCUT2D eigenvalue weighted by Crippen LogP contribution is -2.41. The maximum atomic E-state index is 12.7. The zero-order valence-corrected chi connectivity index (χ0v) is 19.5. The minimum absolute atomic E-state index is 0.0000772. The molecule has 0 unspecified atom stereocenters. The molecule has 0 bridgehead atoms. The molecule has 3 fully saturated rings. The topological polar surface area (TPSA) is 83.4 Å². The van der Waals surface area contributed by atoms with Crippen molar-refractivity contribution >= 4 is 17.7 Å². The molecule has 0 spiro atoms. The van der Waals surface area contributed by atoms with Crippen molar-refractivity contribution in [2.24, 2.45) is 28.8 Å². The van der Waals surface area contributed by atoms with Crippen LogP contribution in [0.1, 0.15) is 85.5 Å². The van der Waals surface area contributed by atoms with Crippen LogP contribution in [-0.4, -0.2) is 42.8 Å². The highest BCUT2D eigenvalue weighted by atomic mass is 16.7. The Kier molecular flexibility index (Phi) is 8.76. The van der Waals surface area contributed by atoms with E-state index in [0.717, 1.165) is 38.5 Å². The zero-order valence-electron chi connectivity index (χ0n) is 19.5. The van der Waals surface area contributed by atoms with Crippen molar-refractivity contribution in [2.45, 2.75) is 104 Å². The summed E-state index contributed by atoms with van der Waals surface area (Å²) in [6.45, 7) is 8.62. The van der Waals surface area contributed by atoms with Crippen LogP contribution in [0, 0.1) is 23.7 Å². The molecule has 1 heterocycles. The van der Waals surface area contributed by atoms with Crippen LogP contribution in [0.5, 0.6) is 0 Å². The van der Waals surface area contributed by atoms with E-state index in [0.29, 0.717) is 17.8 Å². The molecule has 5 atom stereocenters. The van der Waals surface area contributed by atoms with Crippen LogP contribution in [0.3, 0.4) is 0 Å². The van der Waals surface area contributed by atoms with Gasteiger partial charge in [0.1, 0.15) is 6.10 Å². The monoisotopic (exact) mass is 437 g/mol. The molecule has 0 aromatic rings. The van der Waals surface area contributed by atoms with Crippen LogP contribution >= 0.6 is 0 Å². The van der Waals surface area contributed by atoms with Gasteiger partial charge in [-0.2, -0.15) is 0 Å². The number of carbonyl (C=O) groups is 2. The van der Waals surface area contributed by atoms with Crippen molar-refractivity contribution < 1.29 is 28.6 Å². The van der Waals surface area contributed by atoms with Gasteiger partial charge >= 0.3 is 11.9 Å². The van der Waals surface area contributed by atoms with Gasteiger partial charge in [-0.15, -0.1) is 0 Å². The summed E-state index contributed by atoms with van der Waals surface area (Å²) < 4.78 is 17.2. The van der Waals surface area contributed by atoms with Gasteiger partial charge in [0, 0.05) is 0 Å². The van der Waals surface area contributed by atoms with Gasteiger partial charge in [-0.1, -0.05) is 38.8 Å². The molecule has 7 heteroatoms. The number of oxime groups is 1. The fraction of sp³-hybridized carbons (Fsp3) is 0.875. The third-order valence-corrected chi connectivity index (χ3v) is 6.92. The minimum Gasteiger partial charge on any atom is -0.461 e. The van der Waals surface area contributed by atoms with Crippen molar-refractivity contribution in [3.05, 3.63) is 0 Å². The zero-order chi connectivity index (χ0) is 22.4. The average Bonchev–Trinajstić information content (AvgIpc) is 3.08. The molecule has 0 aromatic heterocycles. The summed E-state index contributed by atoms with van der Waals surface area (Å²) in [5.74, 6) is -0.121. The van der Waals surface area contributed by atoms with Crippen LogP contribution in [0.15, 0.2) is 5.16 Å². The van der Waals surface area contributed by atoms with Gasteiger partial charge in [0.15, 0.2) is 5.71 Å². The summed E-state index contributed by atoms with van der Waals surface area (Å²) in [5.41, 5.74) is 0.105. The normalized spacial score (nSPS) is 32.7. The first-order chi connectivity index (χ1) is 14.9.